The summed E-state index contributed by atoms with van der Waals surface area (Å²) in [5.41, 5.74) is -4.80. The Morgan fingerprint density at radius 3 is 1.95 bits per heavy atom. The highest BCUT2D eigenvalue weighted by Gasteiger charge is 2.71. The molecule has 1 N–H and O–H groups in total. The van der Waals surface area contributed by atoms with E-state index < -0.39 is 28.8 Å². The Hall–Kier alpha value is -1.54. The summed E-state index contributed by atoms with van der Waals surface area (Å²) in [7, 11) is 0. The first-order valence-electron chi connectivity index (χ1n) is 5.95. The maximum Gasteiger partial charge on any atom is 0.457 e. The Labute approximate surface area is 130 Å². The van der Waals surface area contributed by atoms with Gasteiger partial charge < -0.3 is 5.11 Å². The number of rotatable bonds is 3. The third-order valence-corrected chi connectivity index (χ3v) is 3.86. The van der Waals surface area contributed by atoms with Crippen molar-refractivity contribution in [3.8, 4) is 0 Å². The number of nitrogens with zero attached hydrogens (tertiary/aromatic N) is 1. The molecule has 0 aliphatic heterocycles. The zero-order valence-electron chi connectivity index (χ0n) is 10.8. The molecule has 1 atom stereocenters. The van der Waals surface area contributed by atoms with E-state index in [-0.39, 0.29) is 4.47 Å². The summed E-state index contributed by atoms with van der Waals surface area (Å²) in [5.74, 6) is -5.41. The molecule has 8 heteroatoms. The van der Waals surface area contributed by atoms with E-state index in [0.717, 1.165) is 30.6 Å². The van der Waals surface area contributed by atoms with Gasteiger partial charge in [0.15, 0.2) is 5.60 Å². The number of pyridine rings is 1. The SMILES string of the molecule is OC(c1ccncc1)(c1ccccc1Br)C(F)(F)C(F)(F)F. The zero-order chi connectivity index (χ0) is 16.6. The Kier molecular flexibility index (Phi) is 4.27. The molecule has 0 spiro atoms. The number of alkyl halides is 5. The van der Waals surface area contributed by atoms with Gasteiger partial charge in [0, 0.05) is 22.4 Å². The number of aromatic nitrogens is 1. The average molecular weight is 382 g/mol. The van der Waals surface area contributed by atoms with Crippen molar-refractivity contribution < 1.29 is 27.1 Å². The van der Waals surface area contributed by atoms with Crippen LogP contribution in [0.2, 0.25) is 0 Å². The van der Waals surface area contributed by atoms with E-state index in [1.54, 1.807) is 0 Å². The van der Waals surface area contributed by atoms with Crippen molar-refractivity contribution in [3.05, 3.63) is 64.4 Å². The molecule has 0 saturated carbocycles. The molecule has 1 aromatic heterocycles. The summed E-state index contributed by atoms with van der Waals surface area (Å²) in [5, 5.41) is 10.5. The molecule has 0 fully saturated rings. The first-order chi connectivity index (χ1) is 10.1. The number of halogens is 6. The van der Waals surface area contributed by atoms with Gasteiger partial charge in [0.05, 0.1) is 0 Å². The van der Waals surface area contributed by atoms with E-state index >= 15 is 0 Å². The summed E-state index contributed by atoms with van der Waals surface area (Å²) < 4.78 is 66.8. The fraction of sp³-hybridized carbons (Fsp3) is 0.214. The van der Waals surface area contributed by atoms with Crippen molar-refractivity contribution in [1.82, 2.24) is 4.98 Å². The standard InChI is InChI=1S/C14H9BrF5NO/c15-11-4-2-1-3-10(11)12(22,9-5-7-21-8-6-9)13(16,17)14(18,19)20/h1-8,22H. The van der Waals surface area contributed by atoms with Gasteiger partial charge >= 0.3 is 12.1 Å². The fourth-order valence-electron chi connectivity index (χ4n) is 2.06. The van der Waals surface area contributed by atoms with Crippen LogP contribution in [-0.2, 0) is 5.60 Å². The molecule has 22 heavy (non-hydrogen) atoms. The van der Waals surface area contributed by atoms with Gasteiger partial charge in [0.1, 0.15) is 0 Å². The van der Waals surface area contributed by atoms with Crippen LogP contribution in [0.15, 0.2) is 53.3 Å². The highest BCUT2D eigenvalue weighted by Crippen LogP contribution is 2.52. The van der Waals surface area contributed by atoms with Crippen LogP contribution in [0.5, 0.6) is 0 Å². The Balaban J connectivity index is 2.80. The van der Waals surface area contributed by atoms with Crippen molar-refractivity contribution in [2.24, 2.45) is 0 Å². The van der Waals surface area contributed by atoms with E-state index in [0.29, 0.717) is 0 Å². The van der Waals surface area contributed by atoms with Gasteiger partial charge in [-0.25, -0.2) is 0 Å². The minimum absolute atomic E-state index is 0.0711. The predicted octanol–water partition coefficient (Wildman–Crippen LogP) is 4.28. The molecule has 0 saturated heterocycles. The first kappa shape index (κ1) is 16.8. The van der Waals surface area contributed by atoms with E-state index in [9.17, 15) is 27.1 Å². The number of hydrogen-bond acceptors (Lipinski definition) is 2. The van der Waals surface area contributed by atoms with Crippen LogP contribution in [0.4, 0.5) is 22.0 Å². The van der Waals surface area contributed by atoms with E-state index in [2.05, 4.69) is 20.9 Å². The van der Waals surface area contributed by atoms with Gasteiger partial charge in [-0.3, -0.25) is 4.98 Å². The van der Waals surface area contributed by atoms with Gasteiger partial charge in [0.25, 0.3) is 0 Å². The van der Waals surface area contributed by atoms with E-state index in [4.69, 9.17) is 0 Å². The molecule has 0 aliphatic carbocycles. The van der Waals surface area contributed by atoms with Crippen molar-refractivity contribution in [2.45, 2.75) is 17.7 Å². The zero-order valence-corrected chi connectivity index (χ0v) is 12.4. The van der Waals surface area contributed by atoms with Crippen LogP contribution in [0.1, 0.15) is 11.1 Å². The molecule has 0 amide bonds. The molecular formula is C14H9BrF5NO. The monoisotopic (exact) mass is 381 g/mol. The summed E-state index contributed by atoms with van der Waals surface area (Å²) in [6, 6.07) is 6.81. The molecule has 0 aliphatic rings. The molecule has 2 aromatic rings. The molecule has 2 nitrogen and oxygen atoms in total. The summed E-state index contributed by atoms with van der Waals surface area (Å²) in [6.45, 7) is 0. The lowest BCUT2D eigenvalue weighted by atomic mass is 9.81. The van der Waals surface area contributed by atoms with E-state index in [1.165, 1.54) is 18.2 Å². The van der Waals surface area contributed by atoms with Crippen molar-refractivity contribution >= 4 is 15.9 Å². The summed E-state index contributed by atoms with van der Waals surface area (Å²) >= 11 is 2.91. The number of benzene rings is 1. The minimum Gasteiger partial charge on any atom is -0.374 e. The Bertz CT molecular complexity index is 662. The molecule has 0 bridgehead atoms. The van der Waals surface area contributed by atoms with Crippen LogP contribution < -0.4 is 0 Å². The smallest absolute Gasteiger partial charge is 0.374 e. The van der Waals surface area contributed by atoms with Crippen LogP contribution in [0, 0.1) is 0 Å². The number of hydrogen-bond donors (Lipinski definition) is 1. The van der Waals surface area contributed by atoms with Gasteiger partial charge in [-0.05, 0) is 23.8 Å². The first-order valence-corrected chi connectivity index (χ1v) is 6.74. The maximum atomic E-state index is 14.1. The predicted molar refractivity (Wildman–Crippen MR) is 72.4 cm³/mol. The van der Waals surface area contributed by atoms with Crippen molar-refractivity contribution in [1.29, 1.82) is 0 Å². The lowest BCUT2D eigenvalue weighted by Crippen LogP contribution is -2.55. The second kappa shape index (κ2) is 5.58. The molecule has 1 heterocycles. The second-order valence-corrected chi connectivity index (χ2v) is 5.35. The van der Waals surface area contributed by atoms with Gasteiger partial charge in [-0.1, -0.05) is 34.1 Å². The Morgan fingerprint density at radius 1 is 0.909 bits per heavy atom. The quantitative estimate of drug-likeness (QED) is 0.805. The van der Waals surface area contributed by atoms with Crippen LogP contribution in [-0.4, -0.2) is 22.2 Å². The second-order valence-electron chi connectivity index (χ2n) is 4.50. The van der Waals surface area contributed by atoms with Gasteiger partial charge in [-0.15, -0.1) is 0 Å². The lowest BCUT2D eigenvalue weighted by Gasteiger charge is -2.38. The fourth-order valence-corrected chi connectivity index (χ4v) is 2.63. The van der Waals surface area contributed by atoms with E-state index in [1.807, 2.05) is 0 Å². The van der Waals surface area contributed by atoms with Gasteiger partial charge in [0.2, 0.25) is 0 Å². The highest BCUT2D eigenvalue weighted by molar-refractivity contribution is 9.10. The minimum atomic E-state index is -5.94. The molecule has 2 rings (SSSR count). The molecule has 1 aromatic carbocycles. The van der Waals surface area contributed by atoms with Crippen LogP contribution >= 0.6 is 15.9 Å². The number of aliphatic hydroxyl groups is 1. The summed E-state index contributed by atoms with van der Waals surface area (Å²) in [4.78, 5) is 3.57. The average Bonchev–Trinajstić information content (AvgIpc) is 2.46. The van der Waals surface area contributed by atoms with Crippen LogP contribution in [0.3, 0.4) is 0 Å². The maximum absolute atomic E-state index is 14.1. The summed E-state index contributed by atoms with van der Waals surface area (Å²) in [6.07, 6.45) is -3.88. The molecule has 1 unspecified atom stereocenters. The van der Waals surface area contributed by atoms with Crippen LogP contribution in [0.25, 0.3) is 0 Å². The third-order valence-electron chi connectivity index (χ3n) is 3.17. The normalized spacial score (nSPS) is 15.4. The topological polar surface area (TPSA) is 33.1 Å². The van der Waals surface area contributed by atoms with Gasteiger partial charge in [-0.2, -0.15) is 22.0 Å². The van der Waals surface area contributed by atoms with Crippen molar-refractivity contribution in [2.75, 3.05) is 0 Å². The van der Waals surface area contributed by atoms with Crippen molar-refractivity contribution in [3.63, 3.8) is 0 Å². The largest absolute Gasteiger partial charge is 0.457 e. The molecule has 0 radical (unpaired) electrons. The lowest BCUT2D eigenvalue weighted by molar-refractivity contribution is -0.336. The molecular weight excluding hydrogens is 373 g/mol. The third kappa shape index (κ3) is 2.50. The molecule has 118 valence electrons. The highest BCUT2D eigenvalue weighted by atomic mass is 79.9. The Morgan fingerprint density at radius 2 is 1.45 bits per heavy atom.